The number of pyridine rings is 2. The van der Waals surface area contributed by atoms with Gasteiger partial charge >= 0.3 is 0 Å². The van der Waals surface area contributed by atoms with Gasteiger partial charge in [0.25, 0.3) is 5.91 Å². The number of nitrogens with zero attached hydrogens (tertiary/aromatic N) is 3. The van der Waals surface area contributed by atoms with Crippen LogP contribution >= 0.6 is 0 Å². The predicted octanol–water partition coefficient (Wildman–Crippen LogP) is 2.07. The monoisotopic (exact) mass is 339 g/mol. The van der Waals surface area contributed by atoms with Crippen molar-refractivity contribution in [3.63, 3.8) is 0 Å². The van der Waals surface area contributed by atoms with Crippen LogP contribution in [0.3, 0.4) is 0 Å². The number of rotatable bonds is 4. The Kier molecular flexibility index (Phi) is 4.72. The lowest BCUT2D eigenvalue weighted by molar-refractivity contribution is -0.108. The molecule has 4 rings (SSSR count). The summed E-state index contributed by atoms with van der Waals surface area (Å²) < 4.78 is 12.1. The molecule has 0 N–H and O–H groups in total. The van der Waals surface area contributed by atoms with E-state index in [9.17, 15) is 4.79 Å². The summed E-state index contributed by atoms with van der Waals surface area (Å²) in [7, 11) is 0. The first kappa shape index (κ1) is 16.2. The quantitative estimate of drug-likeness (QED) is 0.853. The van der Waals surface area contributed by atoms with Crippen molar-refractivity contribution < 1.29 is 14.3 Å². The molecule has 3 heterocycles. The Morgan fingerprint density at radius 2 is 1.84 bits per heavy atom. The number of hydrogen-bond acceptors (Lipinski definition) is 5. The van der Waals surface area contributed by atoms with Crippen LogP contribution < -0.4 is 0 Å². The van der Waals surface area contributed by atoms with Gasteiger partial charge in [0.15, 0.2) is 0 Å². The van der Waals surface area contributed by atoms with Crippen LogP contribution in [0.2, 0.25) is 0 Å². The predicted molar refractivity (Wildman–Crippen MR) is 90.8 cm³/mol. The van der Waals surface area contributed by atoms with Crippen LogP contribution in [-0.4, -0.2) is 52.2 Å². The Bertz CT molecular complexity index is 710. The van der Waals surface area contributed by atoms with Crippen LogP contribution in [0.25, 0.3) is 0 Å². The third-order valence-electron chi connectivity index (χ3n) is 4.94. The minimum atomic E-state index is -0.0543. The average Bonchev–Trinajstić information content (AvgIpc) is 3.10. The summed E-state index contributed by atoms with van der Waals surface area (Å²) in [5.41, 5.74) is 1.77. The molecule has 1 amide bonds. The molecule has 2 aromatic heterocycles. The number of carbonyl (C=O) groups is 1. The molecule has 2 aromatic rings. The SMILES string of the molecule is O=C(c1ccncc1)N1CCO[C@H]2[C@@H](OCc3ccncc3)CC[C@@H]21. The van der Waals surface area contributed by atoms with Crippen molar-refractivity contribution >= 4 is 5.91 Å². The molecule has 130 valence electrons. The number of aromatic nitrogens is 2. The highest BCUT2D eigenvalue weighted by Crippen LogP contribution is 2.33. The Hall–Kier alpha value is -2.31. The van der Waals surface area contributed by atoms with Crippen molar-refractivity contribution in [2.75, 3.05) is 13.2 Å². The van der Waals surface area contributed by atoms with Crippen molar-refractivity contribution in [1.82, 2.24) is 14.9 Å². The Morgan fingerprint density at radius 1 is 1.12 bits per heavy atom. The van der Waals surface area contributed by atoms with E-state index in [-0.39, 0.29) is 24.2 Å². The molecular formula is C19H21N3O3. The molecule has 0 unspecified atom stereocenters. The zero-order valence-electron chi connectivity index (χ0n) is 14.0. The third kappa shape index (κ3) is 3.41. The van der Waals surface area contributed by atoms with E-state index in [0.717, 1.165) is 18.4 Å². The third-order valence-corrected chi connectivity index (χ3v) is 4.94. The van der Waals surface area contributed by atoms with Gasteiger partial charge in [-0.3, -0.25) is 14.8 Å². The van der Waals surface area contributed by atoms with Gasteiger partial charge in [0.2, 0.25) is 0 Å². The van der Waals surface area contributed by atoms with E-state index < -0.39 is 0 Å². The number of ether oxygens (including phenoxy) is 2. The lowest BCUT2D eigenvalue weighted by Gasteiger charge is -2.39. The number of carbonyl (C=O) groups excluding carboxylic acids is 1. The molecule has 3 atom stereocenters. The standard InChI is InChI=1S/C19H21N3O3/c23-19(15-5-9-21-10-6-15)22-11-12-24-18-16(22)1-2-17(18)25-13-14-3-7-20-8-4-14/h3-10,16-18H,1-2,11-13H2/t16-,17-,18+/m0/s1. The largest absolute Gasteiger partial charge is 0.372 e. The maximum Gasteiger partial charge on any atom is 0.254 e. The minimum absolute atomic E-state index is 0.0196. The van der Waals surface area contributed by atoms with Crippen LogP contribution in [0.4, 0.5) is 0 Å². The van der Waals surface area contributed by atoms with Crippen molar-refractivity contribution in [1.29, 1.82) is 0 Å². The first-order valence-corrected chi connectivity index (χ1v) is 8.66. The summed E-state index contributed by atoms with van der Waals surface area (Å²) in [6, 6.07) is 7.51. The first-order chi connectivity index (χ1) is 12.3. The summed E-state index contributed by atoms with van der Waals surface area (Å²) in [4.78, 5) is 22.8. The summed E-state index contributed by atoms with van der Waals surface area (Å²) in [6.07, 6.45) is 8.61. The molecule has 2 fully saturated rings. The summed E-state index contributed by atoms with van der Waals surface area (Å²) >= 11 is 0. The molecule has 1 saturated heterocycles. The van der Waals surface area contributed by atoms with Crippen LogP contribution in [-0.2, 0) is 16.1 Å². The molecule has 0 bridgehead atoms. The highest BCUT2D eigenvalue weighted by Gasteiger charge is 2.45. The molecule has 25 heavy (non-hydrogen) atoms. The highest BCUT2D eigenvalue weighted by atomic mass is 16.5. The molecule has 1 saturated carbocycles. The van der Waals surface area contributed by atoms with Gasteiger partial charge in [-0.25, -0.2) is 0 Å². The molecule has 0 radical (unpaired) electrons. The lowest BCUT2D eigenvalue weighted by Crippen LogP contribution is -2.53. The topological polar surface area (TPSA) is 64.6 Å². The van der Waals surface area contributed by atoms with E-state index in [1.54, 1.807) is 36.9 Å². The first-order valence-electron chi connectivity index (χ1n) is 8.66. The van der Waals surface area contributed by atoms with Crippen LogP contribution in [0.15, 0.2) is 49.1 Å². The van der Waals surface area contributed by atoms with E-state index in [0.29, 0.717) is 25.3 Å². The maximum atomic E-state index is 12.8. The fourth-order valence-electron chi connectivity index (χ4n) is 3.69. The Labute approximate surface area is 146 Å². The molecule has 0 aromatic carbocycles. The van der Waals surface area contributed by atoms with Gasteiger partial charge < -0.3 is 14.4 Å². The molecule has 1 aliphatic carbocycles. The van der Waals surface area contributed by atoms with Gasteiger partial charge in [-0.05, 0) is 42.7 Å². The number of morpholine rings is 1. The summed E-state index contributed by atoms with van der Waals surface area (Å²) in [5, 5.41) is 0. The summed E-state index contributed by atoms with van der Waals surface area (Å²) in [5.74, 6) is 0.0514. The smallest absolute Gasteiger partial charge is 0.254 e. The minimum Gasteiger partial charge on any atom is -0.372 e. The second-order valence-corrected chi connectivity index (χ2v) is 6.42. The molecular weight excluding hydrogens is 318 g/mol. The van der Waals surface area contributed by atoms with E-state index in [4.69, 9.17) is 9.47 Å². The van der Waals surface area contributed by atoms with E-state index >= 15 is 0 Å². The molecule has 1 aliphatic heterocycles. The van der Waals surface area contributed by atoms with Gasteiger partial charge in [-0.15, -0.1) is 0 Å². The lowest BCUT2D eigenvalue weighted by atomic mass is 10.1. The van der Waals surface area contributed by atoms with Gasteiger partial charge in [-0.2, -0.15) is 0 Å². The van der Waals surface area contributed by atoms with Gasteiger partial charge in [0.1, 0.15) is 6.10 Å². The van der Waals surface area contributed by atoms with Crippen molar-refractivity contribution in [2.24, 2.45) is 0 Å². The molecule has 6 nitrogen and oxygen atoms in total. The van der Waals surface area contributed by atoms with Crippen molar-refractivity contribution in [3.8, 4) is 0 Å². The van der Waals surface area contributed by atoms with Crippen LogP contribution in [0.5, 0.6) is 0 Å². The fourth-order valence-corrected chi connectivity index (χ4v) is 3.69. The summed E-state index contributed by atoms with van der Waals surface area (Å²) in [6.45, 7) is 1.71. The maximum absolute atomic E-state index is 12.8. The van der Waals surface area contributed by atoms with Gasteiger partial charge in [-0.1, -0.05) is 0 Å². The molecule has 6 heteroatoms. The number of hydrogen-bond donors (Lipinski definition) is 0. The van der Waals surface area contributed by atoms with Crippen LogP contribution in [0.1, 0.15) is 28.8 Å². The zero-order chi connectivity index (χ0) is 17.1. The van der Waals surface area contributed by atoms with E-state index in [2.05, 4.69) is 9.97 Å². The Balaban J connectivity index is 1.42. The number of amides is 1. The average molecular weight is 339 g/mol. The van der Waals surface area contributed by atoms with Gasteiger partial charge in [0, 0.05) is 36.9 Å². The van der Waals surface area contributed by atoms with E-state index in [1.807, 2.05) is 17.0 Å². The van der Waals surface area contributed by atoms with Crippen LogP contribution in [0, 0.1) is 0 Å². The second-order valence-electron chi connectivity index (χ2n) is 6.42. The Morgan fingerprint density at radius 3 is 2.60 bits per heavy atom. The molecule has 0 spiro atoms. The second kappa shape index (κ2) is 7.29. The van der Waals surface area contributed by atoms with Crippen molar-refractivity contribution in [2.45, 2.75) is 37.7 Å². The fraction of sp³-hybridized carbons (Fsp3) is 0.421. The normalized spacial score (nSPS) is 25.6. The zero-order valence-corrected chi connectivity index (χ0v) is 14.0. The van der Waals surface area contributed by atoms with Gasteiger partial charge in [0.05, 0.1) is 25.4 Å². The van der Waals surface area contributed by atoms with E-state index in [1.165, 1.54) is 0 Å². The molecule has 2 aliphatic rings. The highest BCUT2D eigenvalue weighted by molar-refractivity contribution is 5.94. The number of fused-ring (bicyclic) bond motifs is 1. The van der Waals surface area contributed by atoms with Crippen molar-refractivity contribution in [3.05, 3.63) is 60.2 Å².